The summed E-state index contributed by atoms with van der Waals surface area (Å²) in [6.45, 7) is 2.10. The molecule has 0 spiro atoms. The van der Waals surface area contributed by atoms with Crippen molar-refractivity contribution in [2.75, 3.05) is 161 Å². The van der Waals surface area contributed by atoms with Gasteiger partial charge in [0.2, 0.25) is 76.8 Å². The topological polar surface area (TPSA) is 436 Å². The van der Waals surface area contributed by atoms with Gasteiger partial charge < -0.3 is 89.0 Å². The van der Waals surface area contributed by atoms with E-state index in [2.05, 4.69) is 16.0 Å². The first-order chi connectivity index (χ1) is 56.7. The van der Waals surface area contributed by atoms with Gasteiger partial charge in [0.05, 0.1) is 94.8 Å². The second kappa shape index (κ2) is 40.5. The molecule has 4 N–H and O–H groups in total. The van der Waals surface area contributed by atoms with E-state index in [0.29, 0.717) is 24.2 Å². The maximum absolute atomic E-state index is 15.9. The first-order valence-corrected chi connectivity index (χ1v) is 40.2. The average Bonchev–Trinajstić information content (AvgIpc) is 1.52. The number of rotatable bonds is 39. The van der Waals surface area contributed by atoms with Gasteiger partial charge in [-0.3, -0.25) is 86.3 Å². The number of aryl methyl sites for hydroxylation is 1. The fourth-order valence-corrected chi connectivity index (χ4v) is 16.9. The predicted octanol–water partition coefficient (Wildman–Crippen LogP) is -0.869. The van der Waals surface area contributed by atoms with E-state index in [1.807, 2.05) is 19.9 Å². The normalized spacial score (nSPS) is 22.1. The lowest BCUT2D eigenvalue weighted by atomic mass is 9.46. The maximum Gasteiger partial charge on any atom is 0.258 e. The van der Waals surface area contributed by atoms with Gasteiger partial charge in [0, 0.05) is 118 Å². The largest absolute Gasteiger partial charge is 0.493 e. The van der Waals surface area contributed by atoms with E-state index in [4.69, 9.17) is 18.9 Å². The van der Waals surface area contributed by atoms with Crippen molar-refractivity contribution in [3.63, 3.8) is 0 Å². The summed E-state index contributed by atoms with van der Waals surface area (Å²) in [6.07, 6.45) is 4.82. The Labute approximate surface area is 702 Å². The van der Waals surface area contributed by atoms with Crippen LogP contribution in [0.4, 0.5) is 14.5 Å². The van der Waals surface area contributed by atoms with Crippen LogP contribution >= 0.6 is 11.3 Å². The molecule has 121 heavy (non-hydrogen) atoms. The Bertz CT molecular complexity index is 4500. The second-order valence-corrected chi connectivity index (χ2v) is 33.2. The van der Waals surface area contributed by atoms with Crippen molar-refractivity contribution in [1.82, 2.24) is 64.9 Å². The van der Waals surface area contributed by atoms with E-state index in [0.717, 1.165) is 90.2 Å². The second-order valence-electron chi connectivity index (χ2n) is 32.3. The zero-order chi connectivity index (χ0) is 89.8. The molecule has 1 saturated heterocycles. The summed E-state index contributed by atoms with van der Waals surface area (Å²) >= 11 is 1.07. The van der Waals surface area contributed by atoms with Crippen molar-refractivity contribution in [1.29, 1.82) is 0 Å². The van der Waals surface area contributed by atoms with E-state index >= 15 is 8.78 Å². The smallest absolute Gasteiger partial charge is 0.258 e. The number of aliphatic hydroxyl groups is 1. The molecule has 3 saturated carbocycles. The van der Waals surface area contributed by atoms with Crippen molar-refractivity contribution < 1.29 is 119 Å². The minimum atomic E-state index is -1.70. The monoisotopic (exact) mass is 1710 g/mol. The number of ketones is 3. The quantitative estimate of drug-likeness (QED) is 0.0359. The molecule has 37 nitrogen and oxygen atoms in total. The minimum absolute atomic E-state index is 0.0108. The van der Waals surface area contributed by atoms with Crippen LogP contribution in [0.2, 0.25) is 0 Å². The molecule has 15 amide bonds. The molecule has 2 aromatic rings. The molecule has 1 aromatic carbocycles. The van der Waals surface area contributed by atoms with Crippen molar-refractivity contribution in [2.45, 2.75) is 122 Å². The Morgan fingerprint density at radius 1 is 0.620 bits per heavy atom. The van der Waals surface area contributed by atoms with E-state index < -0.39 is 224 Å². The molecule has 0 radical (unpaired) electrons. The van der Waals surface area contributed by atoms with Gasteiger partial charge in [-0.2, -0.15) is 0 Å². The van der Waals surface area contributed by atoms with Crippen molar-refractivity contribution in [3.05, 3.63) is 81.6 Å². The molecule has 11 atom stereocenters. The van der Waals surface area contributed by atoms with E-state index in [1.54, 1.807) is 11.5 Å². The lowest BCUT2D eigenvalue weighted by Gasteiger charge is -2.59. The van der Waals surface area contributed by atoms with Gasteiger partial charge in [-0.25, -0.2) is 13.7 Å². The van der Waals surface area contributed by atoms with Crippen LogP contribution in [-0.2, 0) is 107 Å². The SMILES string of the molecule is CC(=O)CN(C)C(=O)CN(C)C(=O)CN(C)C(=O)CN(C)C(=O)CN(C)C(=O)CN(C)C(=O)CN(C)C(=O)CN(C)C(=O)CN(C)C(=O)CN(C)C(=O)CCCOc1cc(N2C(=O)C=CC2=O)c(F)cc1CCC(=O)N[C@@H](C)C(=O)N[C@@H](C)C(=O)NCOCC(=O)[C@@]12O[C@H](c3sccc3F)O[C@@H]1C[C@H]1[C@@H]3CCC4=CC(=O)C=C[C@]4(C)[C@H]3[C@@H](O)C[C@@]12C. The molecule has 6 aliphatic rings. The molecule has 660 valence electrons. The molecule has 8 rings (SSSR count). The molecule has 4 aliphatic carbocycles. The number of carbonyl (C=O) groups excluding carboxylic acids is 18. The number of Topliss-reactive ketones (excluding diaryl/α,β-unsaturated/α-hetero) is 2. The van der Waals surface area contributed by atoms with Crippen molar-refractivity contribution in [3.8, 4) is 5.75 Å². The van der Waals surface area contributed by atoms with Crippen molar-refractivity contribution in [2.24, 2.45) is 28.6 Å². The number of allylic oxidation sites excluding steroid dienone is 4. The van der Waals surface area contributed by atoms with Crippen LogP contribution in [0.1, 0.15) is 96.3 Å². The molecule has 0 unspecified atom stereocenters. The van der Waals surface area contributed by atoms with Crippen molar-refractivity contribution >= 4 is 123 Å². The van der Waals surface area contributed by atoms with Crippen LogP contribution in [0.15, 0.2) is 59.5 Å². The fourth-order valence-electron chi connectivity index (χ4n) is 16.2. The number of thiophene rings is 1. The summed E-state index contributed by atoms with van der Waals surface area (Å²) in [5, 5.41) is 21.3. The Morgan fingerprint density at radius 2 is 1.09 bits per heavy atom. The first-order valence-electron chi connectivity index (χ1n) is 39.3. The molecule has 4 fully saturated rings. The Kier molecular flexibility index (Phi) is 31.9. The number of amides is 15. The number of ether oxygens (including phenoxy) is 4. The van der Waals surface area contributed by atoms with Gasteiger partial charge in [-0.05, 0) is 106 Å². The third-order valence-electron chi connectivity index (χ3n) is 23.3. The number of anilines is 1. The number of hydrogen-bond donors (Lipinski definition) is 4. The maximum atomic E-state index is 15.9. The number of imide groups is 1. The van der Waals surface area contributed by atoms with Crippen LogP contribution in [0.3, 0.4) is 0 Å². The number of fused-ring (bicyclic) bond motifs is 7. The van der Waals surface area contributed by atoms with Crippen LogP contribution in [-0.4, -0.2) is 346 Å². The number of nitrogens with zero attached hydrogens (tertiary/aromatic N) is 11. The average molecular weight is 1720 g/mol. The Morgan fingerprint density at radius 3 is 1.56 bits per heavy atom. The number of hydrogen-bond acceptors (Lipinski definition) is 24. The molecule has 1 aromatic heterocycles. The van der Waals surface area contributed by atoms with Crippen LogP contribution in [0.25, 0.3) is 0 Å². The molecule has 0 bridgehead atoms. The summed E-state index contributed by atoms with van der Waals surface area (Å²) < 4.78 is 55.9. The number of likely N-dealkylation sites (N-methyl/N-ethyl adjacent to an activating group) is 10. The van der Waals surface area contributed by atoms with Crippen LogP contribution in [0, 0.1) is 40.2 Å². The third-order valence-corrected chi connectivity index (χ3v) is 24.2. The summed E-state index contributed by atoms with van der Waals surface area (Å²) in [7, 11) is 13.2. The lowest BCUT2D eigenvalue weighted by Crippen LogP contribution is -2.63. The Balaban J connectivity index is 0.738. The van der Waals surface area contributed by atoms with Crippen LogP contribution in [0.5, 0.6) is 5.75 Å². The standard InChI is InChI=1S/C81H108F2N14O23S/c1-46(98)34-87(6)65(106)36-89(8)67(108)38-91(10)69(110)40-93(12)71(112)42-95(14)73(114)43-96(15)72(113)41-94(13)70(111)39-92(11)68(109)37-90(9)66(107)35-88(7)62(103)17-16-27-118-58-32-56(97-63(104)22-23-64(97)105)55(83)29-49(58)18-21-61(102)85-48(3)77(116)86-47(2)76(115)84-45-117-44-59(101)81-60(119-78(120-81)75-54(82)25-28-121-75)31-53-52-20-19-50-30-51(99)24-26-79(50,4)74(52)57(100)33-80(53,81)5/h22-26,28-30,32,47-48,52-53,57,60,74,78,100H,16-21,27,31,33-45H2,1-15H3,(H,84,115)(H,85,102)(H,86,116)/t47-,48-,52-,53-,57-,60+,74+,78+,79-,80-,81+/m0/s1. The molecule has 3 heterocycles. The number of aliphatic hydroxyl groups excluding tert-OH is 1. The minimum Gasteiger partial charge on any atom is -0.493 e. The number of nitrogens with one attached hydrogen (secondary N) is 3. The highest BCUT2D eigenvalue weighted by molar-refractivity contribution is 7.10. The Hall–Kier alpha value is -11.1. The van der Waals surface area contributed by atoms with Crippen LogP contribution < -0.4 is 25.6 Å². The van der Waals surface area contributed by atoms with E-state index in [-0.39, 0.29) is 97.3 Å². The molecular weight excluding hydrogens is 1610 g/mol. The highest BCUT2D eigenvalue weighted by Gasteiger charge is 2.76. The zero-order valence-electron chi connectivity index (χ0n) is 70.7. The van der Waals surface area contributed by atoms with E-state index in [9.17, 15) is 91.4 Å². The van der Waals surface area contributed by atoms with E-state index in [1.165, 1.54) is 103 Å². The first kappa shape index (κ1) is 95.4. The predicted molar refractivity (Wildman–Crippen MR) is 426 cm³/mol. The van der Waals surface area contributed by atoms with Gasteiger partial charge in [-0.1, -0.05) is 25.5 Å². The van der Waals surface area contributed by atoms with Gasteiger partial charge in [-0.15, -0.1) is 11.3 Å². The zero-order valence-corrected chi connectivity index (χ0v) is 71.5. The molecule has 40 heteroatoms. The third kappa shape index (κ3) is 22.6. The fraction of sp³-hybridized carbons (Fsp3) is 0.580. The summed E-state index contributed by atoms with van der Waals surface area (Å²) in [6, 6.07) is 0.865. The van der Waals surface area contributed by atoms with Gasteiger partial charge >= 0.3 is 0 Å². The van der Waals surface area contributed by atoms with Gasteiger partial charge in [0.15, 0.2) is 23.5 Å². The summed E-state index contributed by atoms with van der Waals surface area (Å²) in [4.78, 5) is 246. The molecular formula is C81H108F2N14O23S. The summed E-state index contributed by atoms with van der Waals surface area (Å²) in [5.74, 6) is -13.4. The number of halogens is 2. The number of carbonyl (C=O) groups is 18. The lowest BCUT2D eigenvalue weighted by molar-refractivity contribution is -0.201. The van der Waals surface area contributed by atoms with Gasteiger partial charge in [0.25, 0.3) is 11.8 Å². The summed E-state index contributed by atoms with van der Waals surface area (Å²) in [5.41, 5.74) is -2.78. The molecule has 2 aliphatic heterocycles. The number of benzene rings is 1. The highest BCUT2D eigenvalue weighted by Crippen LogP contribution is 2.71. The van der Waals surface area contributed by atoms with Gasteiger partial charge in [0.1, 0.15) is 48.6 Å². The highest BCUT2D eigenvalue weighted by atomic mass is 32.1.